The molecule has 0 aliphatic heterocycles. The monoisotopic (exact) mass is 216 g/mol. The summed E-state index contributed by atoms with van der Waals surface area (Å²) < 4.78 is 4.97. The van der Waals surface area contributed by atoms with Crippen molar-refractivity contribution in [2.24, 2.45) is 0 Å². The molecule has 0 aromatic carbocycles. The Morgan fingerprint density at radius 1 is 1.25 bits per heavy atom. The molecule has 0 fully saturated rings. The van der Waals surface area contributed by atoms with Crippen LogP contribution in [0.5, 0.6) is 5.75 Å². The molecule has 0 atom stereocenters. The number of hydrogen-bond donors (Lipinski definition) is 1. The first kappa shape index (κ1) is 10.4. The molecule has 0 saturated carbocycles. The highest BCUT2D eigenvalue weighted by atomic mass is 16.5. The minimum atomic E-state index is 0.574. The van der Waals surface area contributed by atoms with E-state index in [1.807, 2.05) is 12.1 Å². The summed E-state index contributed by atoms with van der Waals surface area (Å²) in [5.74, 6) is 1.22. The van der Waals surface area contributed by atoms with E-state index in [4.69, 9.17) is 4.74 Å². The Morgan fingerprint density at radius 2 is 2.06 bits per heavy atom. The summed E-state index contributed by atoms with van der Waals surface area (Å²) in [7, 11) is 1.58. The molecule has 0 spiro atoms. The van der Waals surface area contributed by atoms with Crippen LogP contribution in [0.3, 0.4) is 0 Å². The third kappa shape index (κ3) is 2.66. The Hall–Kier alpha value is -2.17. The lowest BCUT2D eigenvalue weighted by molar-refractivity contribution is 0.411. The summed E-state index contributed by atoms with van der Waals surface area (Å²) >= 11 is 0. The number of nitrogens with one attached hydrogen (secondary N) is 1. The van der Waals surface area contributed by atoms with Crippen LogP contribution in [0.15, 0.2) is 36.9 Å². The zero-order valence-electron chi connectivity index (χ0n) is 8.92. The second kappa shape index (κ2) is 5.06. The molecule has 0 amide bonds. The summed E-state index contributed by atoms with van der Waals surface area (Å²) in [6.45, 7) is 0.653. The van der Waals surface area contributed by atoms with Crippen molar-refractivity contribution in [3.63, 3.8) is 0 Å². The van der Waals surface area contributed by atoms with Crippen molar-refractivity contribution in [3.8, 4) is 5.75 Å². The third-order valence-corrected chi connectivity index (χ3v) is 2.04. The van der Waals surface area contributed by atoms with Crippen LogP contribution in [-0.2, 0) is 6.54 Å². The van der Waals surface area contributed by atoms with Crippen LogP contribution in [-0.4, -0.2) is 22.1 Å². The van der Waals surface area contributed by atoms with E-state index in [-0.39, 0.29) is 0 Å². The fourth-order valence-electron chi connectivity index (χ4n) is 1.20. The molecule has 2 aromatic rings. The van der Waals surface area contributed by atoms with Crippen LogP contribution < -0.4 is 10.1 Å². The molecule has 5 heteroatoms. The van der Waals surface area contributed by atoms with Gasteiger partial charge in [0.2, 0.25) is 5.95 Å². The van der Waals surface area contributed by atoms with E-state index in [1.165, 1.54) is 0 Å². The predicted molar refractivity (Wildman–Crippen MR) is 60.1 cm³/mol. The lowest BCUT2D eigenvalue weighted by Gasteiger charge is -2.04. The molecule has 0 bridgehead atoms. The number of hydrogen-bond acceptors (Lipinski definition) is 5. The molecule has 2 aromatic heterocycles. The summed E-state index contributed by atoms with van der Waals surface area (Å²) in [6.07, 6.45) is 6.79. The first-order chi connectivity index (χ1) is 7.88. The van der Waals surface area contributed by atoms with Crippen LogP contribution in [0.25, 0.3) is 0 Å². The maximum Gasteiger partial charge on any atom is 0.223 e. The number of aromatic nitrogens is 3. The van der Waals surface area contributed by atoms with Crippen molar-refractivity contribution in [3.05, 3.63) is 42.5 Å². The lowest BCUT2D eigenvalue weighted by atomic mass is 10.3. The Balaban J connectivity index is 1.94. The Labute approximate surface area is 93.5 Å². The van der Waals surface area contributed by atoms with E-state index in [0.717, 1.165) is 5.56 Å². The highest BCUT2D eigenvalue weighted by Crippen LogP contribution is 2.08. The Morgan fingerprint density at radius 3 is 2.69 bits per heavy atom. The molecule has 5 nitrogen and oxygen atoms in total. The van der Waals surface area contributed by atoms with Gasteiger partial charge >= 0.3 is 0 Å². The molecular formula is C11H12N4O. The predicted octanol–water partition coefficient (Wildman–Crippen LogP) is 1.49. The van der Waals surface area contributed by atoms with Gasteiger partial charge in [-0.25, -0.2) is 9.97 Å². The van der Waals surface area contributed by atoms with Crippen LogP contribution in [0.4, 0.5) is 5.95 Å². The summed E-state index contributed by atoms with van der Waals surface area (Å²) in [5.41, 5.74) is 1.09. The molecule has 82 valence electrons. The van der Waals surface area contributed by atoms with Crippen molar-refractivity contribution < 1.29 is 4.74 Å². The van der Waals surface area contributed by atoms with Gasteiger partial charge in [0.25, 0.3) is 0 Å². The summed E-state index contributed by atoms with van der Waals surface area (Å²) in [6, 6.07) is 3.88. The second-order valence-electron chi connectivity index (χ2n) is 3.16. The van der Waals surface area contributed by atoms with Gasteiger partial charge in [-0.3, -0.25) is 4.98 Å². The Bertz CT molecular complexity index is 429. The molecule has 0 aliphatic rings. The molecule has 1 N–H and O–H groups in total. The molecule has 0 unspecified atom stereocenters. The zero-order valence-corrected chi connectivity index (χ0v) is 8.92. The van der Waals surface area contributed by atoms with Gasteiger partial charge in [-0.1, -0.05) is 6.07 Å². The molecule has 16 heavy (non-hydrogen) atoms. The van der Waals surface area contributed by atoms with Crippen LogP contribution in [0, 0.1) is 0 Å². The Kier molecular flexibility index (Phi) is 3.28. The molecule has 0 radical (unpaired) electrons. The van der Waals surface area contributed by atoms with Gasteiger partial charge in [0.15, 0.2) is 5.75 Å². The van der Waals surface area contributed by atoms with E-state index < -0.39 is 0 Å². The van der Waals surface area contributed by atoms with Crippen LogP contribution in [0.2, 0.25) is 0 Å². The third-order valence-electron chi connectivity index (χ3n) is 2.04. The lowest BCUT2D eigenvalue weighted by Crippen LogP contribution is -2.03. The van der Waals surface area contributed by atoms with Gasteiger partial charge < -0.3 is 10.1 Å². The second-order valence-corrected chi connectivity index (χ2v) is 3.16. The SMILES string of the molecule is COc1cnc(NCc2cccnc2)nc1. The number of rotatable bonds is 4. The number of nitrogens with zero attached hydrogens (tertiary/aromatic N) is 3. The van der Waals surface area contributed by atoms with E-state index in [2.05, 4.69) is 20.3 Å². The van der Waals surface area contributed by atoms with Gasteiger partial charge in [0.1, 0.15) is 0 Å². The first-order valence-electron chi connectivity index (χ1n) is 4.87. The van der Waals surface area contributed by atoms with Crippen LogP contribution in [0.1, 0.15) is 5.56 Å². The van der Waals surface area contributed by atoms with Crippen molar-refractivity contribution >= 4 is 5.95 Å². The maximum absolute atomic E-state index is 4.97. The molecular weight excluding hydrogens is 204 g/mol. The molecule has 2 heterocycles. The number of anilines is 1. The summed E-state index contributed by atoms with van der Waals surface area (Å²) in [5, 5.41) is 3.09. The smallest absolute Gasteiger partial charge is 0.223 e. The average Bonchev–Trinajstić information content (AvgIpc) is 2.38. The van der Waals surface area contributed by atoms with Gasteiger partial charge in [0.05, 0.1) is 19.5 Å². The van der Waals surface area contributed by atoms with Crippen molar-refractivity contribution in [1.82, 2.24) is 15.0 Å². The molecule has 0 aliphatic carbocycles. The molecule has 2 rings (SSSR count). The highest BCUT2D eigenvalue weighted by Gasteiger charge is 1.97. The van der Waals surface area contributed by atoms with E-state index in [9.17, 15) is 0 Å². The van der Waals surface area contributed by atoms with Crippen molar-refractivity contribution in [2.45, 2.75) is 6.54 Å². The standard InChI is InChI=1S/C11H12N4O/c1-16-10-7-14-11(15-8-10)13-6-9-3-2-4-12-5-9/h2-5,7-8H,6H2,1H3,(H,13,14,15). The largest absolute Gasteiger partial charge is 0.494 e. The minimum Gasteiger partial charge on any atom is -0.494 e. The fourth-order valence-corrected chi connectivity index (χ4v) is 1.20. The minimum absolute atomic E-state index is 0.574. The molecule has 0 saturated heterocycles. The van der Waals surface area contributed by atoms with Crippen molar-refractivity contribution in [1.29, 1.82) is 0 Å². The topological polar surface area (TPSA) is 59.9 Å². The number of ether oxygens (including phenoxy) is 1. The van der Waals surface area contributed by atoms with Crippen LogP contribution >= 0.6 is 0 Å². The summed E-state index contributed by atoms with van der Waals surface area (Å²) in [4.78, 5) is 12.2. The normalized spacial score (nSPS) is 9.81. The van der Waals surface area contributed by atoms with Gasteiger partial charge in [0, 0.05) is 18.9 Å². The van der Waals surface area contributed by atoms with E-state index in [0.29, 0.717) is 18.2 Å². The maximum atomic E-state index is 4.97. The van der Waals surface area contributed by atoms with E-state index in [1.54, 1.807) is 31.9 Å². The zero-order chi connectivity index (χ0) is 11.2. The quantitative estimate of drug-likeness (QED) is 0.839. The fraction of sp³-hybridized carbons (Fsp3) is 0.182. The highest BCUT2D eigenvalue weighted by molar-refractivity contribution is 5.28. The van der Waals surface area contributed by atoms with Gasteiger partial charge in [-0.2, -0.15) is 0 Å². The van der Waals surface area contributed by atoms with E-state index >= 15 is 0 Å². The van der Waals surface area contributed by atoms with Gasteiger partial charge in [-0.05, 0) is 11.6 Å². The van der Waals surface area contributed by atoms with Crippen molar-refractivity contribution in [2.75, 3.05) is 12.4 Å². The number of methoxy groups -OCH3 is 1. The van der Waals surface area contributed by atoms with Gasteiger partial charge in [-0.15, -0.1) is 0 Å². The first-order valence-corrected chi connectivity index (χ1v) is 4.87. The average molecular weight is 216 g/mol. The number of pyridine rings is 1.